The summed E-state index contributed by atoms with van der Waals surface area (Å²) in [7, 11) is 0. The minimum absolute atomic E-state index is 0.000807. The molecule has 27 heavy (non-hydrogen) atoms. The fourth-order valence-electron chi connectivity index (χ4n) is 4.45. The third-order valence-electron chi connectivity index (χ3n) is 5.80. The summed E-state index contributed by atoms with van der Waals surface area (Å²) in [6.45, 7) is 1.38. The van der Waals surface area contributed by atoms with E-state index in [1.165, 1.54) is 24.8 Å². The van der Waals surface area contributed by atoms with Crippen molar-refractivity contribution in [2.24, 2.45) is 0 Å². The third-order valence-corrected chi connectivity index (χ3v) is 6.15. The van der Waals surface area contributed by atoms with Crippen LogP contribution in [0.3, 0.4) is 0 Å². The summed E-state index contributed by atoms with van der Waals surface area (Å²) in [6, 6.07) is 17.9. The van der Waals surface area contributed by atoms with Crippen LogP contribution >= 0.6 is 11.6 Å². The summed E-state index contributed by atoms with van der Waals surface area (Å²) in [6.07, 6.45) is 5.80. The van der Waals surface area contributed by atoms with Gasteiger partial charge in [-0.2, -0.15) is 0 Å². The molecule has 1 unspecified atom stereocenters. The fourth-order valence-corrected chi connectivity index (χ4v) is 4.68. The van der Waals surface area contributed by atoms with Crippen LogP contribution in [-0.2, 0) is 10.3 Å². The van der Waals surface area contributed by atoms with Gasteiger partial charge in [0.2, 0.25) is 5.91 Å². The van der Waals surface area contributed by atoms with Gasteiger partial charge in [0, 0.05) is 18.1 Å². The molecule has 2 aliphatic rings. The molecule has 2 aromatic carbocycles. The van der Waals surface area contributed by atoms with Crippen molar-refractivity contribution in [1.29, 1.82) is 0 Å². The van der Waals surface area contributed by atoms with Gasteiger partial charge in [0.1, 0.15) is 6.04 Å². The Kier molecular flexibility index (Phi) is 5.48. The number of halogens is 1. The highest BCUT2D eigenvalue weighted by molar-refractivity contribution is 6.31. The molecule has 0 spiro atoms. The van der Waals surface area contributed by atoms with E-state index in [2.05, 4.69) is 46.1 Å². The number of nitrogens with one attached hydrogen (secondary N) is 2. The van der Waals surface area contributed by atoms with Crippen molar-refractivity contribution in [3.63, 3.8) is 0 Å². The molecule has 0 radical (unpaired) electrons. The van der Waals surface area contributed by atoms with E-state index in [1.807, 2.05) is 24.3 Å². The first kappa shape index (κ1) is 18.5. The minimum Gasteiger partial charge on any atom is -0.353 e. The largest absolute Gasteiger partial charge is 0.353 e. The number of hydrazine groups is 1. The topological polar surface area (TPSA) is 44.4 Å². The fraction of sp³-hybridized carbons (Fsp3) is 0.409. The van der Waals surface area contributed by atoms with Gasteiger partial charge in [-0.05, 0) is 30.0 Å². The van der Waals surface area contributed by atoms with E-state index in [1.54, 1.807) is 0 Å². The van der Waals surface area contributed by atoms with Gasteiger partial charge < -0.3 is 5.32 Å². The molecule has 2 N–H and O–H groups in total. The molecule has 1 saturated heterocycles. The molecule has 2 fully saturated rings. The predicted octanol–water partition coefficient (Wildman–Crippen LogP) is 4.18. The Morgan fingerprint density at radius 2 is 1.70 bits per heavy atom. The molecule has 4 rings (SSSR count). The van der Waals surface area contributed by atoms with Crippen LogP contribution in [0.4, 0.5) is 0 Å². The number of benzene rings is 2. The Morgan fingerprint density at radius 3 is 2.44 bits per heavy atom. The molecular weight excluding hydrogens is 358 g/mol. The lowest BCUT2D eigenvalue weighted by Gasteiger charge is -2.46. The Labute approximate surface area is 165 Å². The van der Waals surface area contributed by atoms with Crippen LogP contribution < -0.4 is 10.7 Å². The van der Waals surface area contributed by atoms with Gasteiger partial charge in [0.15, 0.2) is 0 Å². The average molecular weight is 384 g/mol. The van der Waals surface area contributed by atoms with E-state index >= 15 is 0 Å². The van der Waals surface area contributed by atoms with Gasteiger partial charge in [-0.3, -0.25) is 4.79 Å². The van der Waals surface area contributed by atoms with Gasteiger partial charge in [0.05, 0.1) is 5.54 Å². The summed E-state index contributed by atoms with van der Waals surface area (Å²) >= 11 is 6.45. The summed E-state index contributed by atoms with van der Waals surface area (Å²) in [5.74, 6) is 0.000807. The maximum atomic E-state index is 12.8. The van der Waals surface area contributed by atoms with E-state index in [9.17, 15) is 4.79 Å². The molecule has 142 valence electrons. The molecule has 2 aromatic rings. The first-order valence-electron chi connectivity index (χ1n) is 9.82. The molecular formula is C22H26ClN3O. The second kappa shape index (κ2) is 8.01. The molecule has 1 atom stereocenters. The number of rotatable bonds is 4. The summed E-state index contributed by atoms with van der Waals surface area (Å²) < 4.78 is 0. The molecule has 0 aromatic heterocycles. The molecule has 0 bridgehead atoms. The Bertz CT molecular complexity index is 789. The van der Waals surface area contributed by atoms with E-state index in [0.717, 1.165) is 24.9 Å². The Morgan fingerprint density at radius 1 is 1.00 bits per heavy atom. The maximum absolute atomic E-state index is 12.8. The monoisotopic (exact) mass is 383 g/mol. The second-order valence-electron chi connectivity index (χ2n) is 7.53. The van der Waals surface area contributed by atoms with Gasteiger partial charge in [-0.25, -0.2) is 10.4 Å². The van der Waals surface area contributed by atoms with Crippen molar-refractivity contribution < 1.29 is 4.79 Å². The van der Waals surface area contributed by atoms with Crippen molar-refractivity contribution in [2.75, 3.05) is 13.1 Å². The van der Waals surface area contributed by atoms with Crippen LogP contribution in [-0.4, -0.2) is 24.0 Å². The van der Waals surface area contributed by atoms with Gasteiger partial charge in [-0.1, -0.05) is 79.4 Å². The molecule has 1 amide bonds. The molecule has 1 heterocycles. The summed E-state index contributed by atoms with van der Waals surface area (Å²) in [5, 5.41) is 5.74. The number of carbonyl (C=O) groups is 1. The predicted molar refractivity (Wildman–Crippen MR) is 108 cm³/mol. The molecule has 1 aliphatic carbocycles. The van der Waals surface area contributed by atoms with Crippen molar-refractivity contribution in [1.82, 2.24) is 15.8 Å². The smallest absolute Gasteiger partial charge is 0.243 e. The molecule has 4 nitrogen and oxygen atoms in total. The number of carbonyl (C=O) groups excluding carboxylic acids is 1. The average Bonchev–Trinajstić information content (AvgIpc) is 2.71. The van der Waals surface area contributed by atoms with Crippen LogP contribution in [0.5, 0.6) is 0 Å². The lowest BCUT2D eigenvalue weighted by atomic mass is 9.77. The highest BCUT2D eigenvalue weighted by Gasteiger charge is 2.40. The van der Waals surface area contributed by atoms with Gasteiger partial charge in [-0.15, -0.1) is 0 Å². The highest BCUT2D eigenvalue weighted by atomic mass is 35.5. The third kappa shape index (κ3) is 3.75. The Balaban J connectivity index is 1.69. The number of nitrogens with zero attached hydrogens (tertiary/aromatic N) is 1. The van der Waals surface area contributed by atoms with Gasteiger partial charge >= 0.3 is 0 Å². The number of amides is 1. The molecule has 5 heteroatoms. The zero-order valence-corrected chi connectivity index (χ0v) is 16.2. The van der Waals surface area contributed by atoms with Crippen molar-refractivity contribution in [3.8, 4) is 0 Å². The van der Waals surface area contributed by atoms with Crippen LogP contribution in [0.15, 0.2) is 54.6 Å². The lowest BCUT2D eigenvalue weighted by Crippen LogP contribution is -2.61. The van der Waals surface area contributed by atoms with E-state index in [-0.39, 0.29) is 11.4 Å². The standard InChI is InChI=1S/C22H26ClN3O/c23-19-12-6-5-11-18(19)20-21(27)24-15-16-26(20)25-22(13-7-2-8-14-22)17-9-3-1-4-10-17/h1,3-6,9-12,20,25H,2,7-8,13-16H2,(H,24,27). The Hall–Kier alpha value is -1.88. The van der Waals surface area contributed by atoms with E-state index < -0.39 is 6.04 Å². The number of piperazine rings is 1. The molecule has 1 saturated carbocycles. The van der Waals surface area contributed by atoms with E-state index in [0.29, 0.717) is 11.6 Å². The quantitative estimate of drug-likeness (QED) is 0.832. The first-order chi connectivity index (χ1) is 13.2. The van der Waals surface area contributed by atoms with Gasteiger partial charge in [0.25, 0.3) is 0 Å². The van der Waals surface area contributed by atoms with Crippen molar-refractivity contribution in [2.45, 2.75) is 43.7 Å². The zero-order chi connectivity index (χ0) is 18.7. The number of hydrogen-bond acceptors (Lipinski definition) is 3. The summed E-state index contributed by atoms with van der Waals surface area (Å²) in [5.41, 5.74) is 5.83. The summed E-state index contributed by atoms with van der Waals surface area (Å²) in [4.78, 5) is 12.8. The maximum Gasteiger partial charge on any atom is 0.243 e. The van der Waals surface area contributed by atoms with E-state index in [4.69, 9.17) is 11.6 Å². The minimum atomic E-state index is -0.421. The van der Waals surface area contributed by atoms with Crippen LogP contribution in [0.25, 0.3) is 0 Å². The number of hydrogen-bond donors (Lipinski definition) is 2. The van der Waals surface area contributed by atoms with Crippen molar-refractivity contribution in [3.05, 3.63) is 70.7 Å². The SMILES string of the molecule is O=C1NCCN(NC2(c3ccccc3)CCCCC2)C1c1ccccc1Cl. The molecule has 1 aliphatic heterocycles. The lowest BCUT2D eigenvalue weighted by molar-refractivity contribution is -0.133. The van der Waals surface area contributed by atoms with Crippen LogP contribution in [0, 0.1) is 0 Å². The second-order valence-corrected chi connectivity index (χ2v) is 7.94. The highest BCUT2D eigenvalue weighted by Crippen LogP contribution is 2.39. The normalized spacial score (nSPS) is 23.0. The van der Waals surface area contributed by atoms with Crippen LogP contribution in [0.1, 0.15) is 49.3 Å². The first-order valence-corrected chi connectivity index (χ1v) is 10.2. The van der Waals surface area contributed by atoms with Crippen LogP contribution in [0.2, 0.25) is 5.02 Å². The zero-order valence-electron chi connectivity index (χ0n) is 15.5. The van der Waals surface area contributed by atoms with Crippen molar-refractivity contribution >= 4 is 17.5 Å².